The highest BCUT2D eigenvalue weighted by atomic mass is 32.2. The summed E-state index contributed by atoms with van der Waals surface area (Å²) in [7, 11) is -0.568. The monoisotopic (exact) mass is 527 g/mol. The van der Waals surface area contributed by atoms with Gasteiger partial charge in [0.25, 0.3) is 0 Å². The van der Waals surface area contributed by atoms with Gasteiger partial charge < -0.3 is 28.4 Å². The summed E-state index contributed by atoms with van der Waals surface area (Å²) < 4.78 is 35.2. The molecule has 3 aromatic rings. The zero-order valence-corrected chi connectivity index (χ0v) is 23.0. The molecule has 7 heteroatoms. The molecule has 0 atom stereocenters. The highest BCUT2D eigenvalue weighted by Crippen LogP contribution is 2.43. The van der Waals surface area contributed by atoms with Crippen LogP contribution in [0.2, 0.25) is 0 Å². The Kier molecular flexibility index (Phi) is 13.2. The smallest absolute Gasteiger partial charge is 0.208 e. The predicted octanol–water partition coefficient (Wildman–Crippen LogP) is 6.03. The molecule has 0 heterocycles. The molecule has 0 aliphatic carbocycles. The second-order valence-corrected chi connectivity index (χ2v) is 9.71. The molecule has 3 rings (SSSR count). The van der Waals surface area contributed by atoms with Crippen LogP contribution in [0.3, 0.4) is 0 Å². The van der Waals surface area contributed by atoms with Crippen molar-refractivity contribution in [1.82, 2.24) is 0 Å². The van der Waals surface area contributed by atoms with Gasteiger partial charge in [0.2, 0.25) is 14.7 Å². The molecule has 0 saturated heterocycles. The molecule has 0 aromatic heterocycles. The molecule has 0 bridgehead atoms. The first-order chi connectivity index (χ1) is 18.3. The predicted molar refractivity (Wildman–Crippen MR) is 147 cm³/mol. The second-order valence-electron chi connectivity index (χ2n) is 7.78. The van der Waals surface area contributed by atoms with E-state index in [2.05, 4.69) is 18.2 Å². The Morgan fingerprint density at radius 3 is 1.03 bits per heavy atom. The van der Waals surface area contributed by atoms with Crippen molar-refractivity contribution >= 4 is 10.9 Å². The molecule has 0 unspecified atom stereocenters. The van der Waals surface area contributed by atoms with Crippen LogP contribution in [0.15, 0.2) is 87.5 Å². The fourth-order valence-electron chi connectivity index (χ4n) is 3.63. The van der Waals surface area contributed by atoms with Gasteiger partial charge in [-0.15, -0.1) is 0 Å². The van der Waals surface area contributed by atoms with E-state index in [1.165, 1.54) is 0 Å². The Balaban J connectivity index is 2.04. The van der Waals surface area contributed by atoms with Crippen molar-refractivity contribution < 1.29 is 28.4 Å². The normalized spacial score (nSPS) is 11.0. The Labute approximate surface area is 224 Å². The zero-order valence-electron chi connectivity index (χ0n) is 22.1. The maximum absolute atomic E-state index is 6.23. The lowest BCUT2D eigenvalue weighted by atomic mass is 10.3. The minimum atomic E-state index is -0.568. The van der Waals surface area contributed by atoms with E-state index in [0.29, 0.717) is 59.5 Å². The van der Waals surface area contributed by atoms with E-state index < -0.39 is 10.9 Å². The molecule has 0 spiro atoms. The Bertz CT molecular complexity index is 912. The topological polar surface area (TPSA) is 55.4 Å². The molecule has 37 heavy (non-hydrogen) atoms. The summed E-state index contributed by atoms with van der Waals surface area (Å²) in [6.45, 7) is 11.0. The van der Waals surface area contributed by atoms with Crippen molar-refractivity contribution in [3.63, 3.8) is 0 Å². The molecule has 0 fully saturated rings. The molecular weight excluding hydrogens is 488 g/mol. The minimum absolute atomic E-state index is 0.473. The van der Waals surface area contributed by atoms with Crippen molar-refractivity contribution in [2.45, 2.75) is 35.5 Å². The van der Waals surface area contributed by atoms with Crippen molar-refractivity contribution in [3.8, 4) is 17.2 Å². The van der Waals surface area contributed by atoms with Crippen LogP contribution in [0, 0.1) is 0 Å². The first-order valence-electron chi connectivity index (χ1n) is 12.9. The number of rotatable bonds is 18. The summed E-state index contributed by atoms with van der Waals surface area (Å²) in [5.74, 6) is 2.45. The van der Waals surface area contributed by atoms with Crippen LogP contribution in [0.1, 0.15) is 20.8 Å². The Morgan fingerprint density at radius 2 is 0.730 bits per heavy atom. The van der Waals surface area contributed by atoms with Gasteiger partial charge in [-0.1, -0.05) is 36.4 Å². The maximum atomic E-state index is 6.23. The summed E-state index contributed by atoms with van der Waals surface area (Å²) in [6.07, 6.45) is 0. The number of hydrogen-bond acceptors (Lipinski definition) is 6. The quantitative estimate of drug-likeness (QED) is 0.149. The van der Waals surface area contributed by atoms with Crippen molar-refractivity contribution in [2.24, 2.45) is 0 Å². The maximum Gasteiger partial charge on any atom is 0.208 e. The summed E-state index contributed by atoms with van der Waals surface area (Å²) in [4.78, 5) is 3.17. The number of para-hydroxylation sites is 3. The minimum Gasteiger partial charge on any atom is -0.486 e. The van der Waals surface area contributed by atoms with Crippen LogP contribution in [-0.4, -0.2) is 59.5 Å². The number of ether oxygens (including phenoxy) is 6. The third-order valence-corrected chi connectivity index (χ3v) is 7.61. The molecule has 200 valence electrons. The Morgan fingerprint density at radius 1 is 0.432 bits per heavy atom. The molecule has 0 radical (unpaired) electrons. The third kappa shape index (κ3) is 8.97. The Hall–Kier alpha value is -2.71. The molecule has 3 aromatic carbocycles. The molecule has 0 aliphatic heterocycles. The SMILES string of the molecule is CCOCCOc1ccccc1[S+](c1ccccc1OCCOCC)c1ccccc1OCCOCC. The fourth-order valence-corrected chi connectivity index (χ4v) is 5.97. The fraction of sp³-hybridized carbons (Fsp3) is 0.400. The van der Waals surface area contributed by atoms with Gasteiger partial charge >= 0.3 is 0 Å². The van der Waals surface area contributed by atoms with Gasteiger partial charge in [0.05, 0.1) is 19.8 Å². The van der Waals surface area contributed by atoms with Gasteiger partial charge in [-0.3, -0.25) is 0 Å². The van der Waals surface area contributed by atoms with E-state index >= 15 is 0 Å². The molecule has 0 aliphatic rings. The summed E-state index contributed by atoms with van der Waals surface area (Å²) in [6, 6.07) is 24.5. The zero-order chi connectivity index (χ0) is 26.1. The van der Waals surface area contributed by atoms with Gasteiger partial charge in [0.1, 0.15) is 30.7 Å². The first kappa shape index (κ1) is 28.9. The molecule has 0 N–H and O–H groups in total. The van der Waals surface area contributed by atoms with Crippen LogP contribution in [0.4, 0.5) is 0 Å². The lowest BCUT2D eigenvalue weighted by Gasteiger charge is -2.17. The standard InChI is InChI=1S/C30H39O6S/c1-4-31-19-22-34-25-13-7-10-16-28(25)37(29-17-11-8-14-26(29)35-23-20-32-5-2)30-18-12-9-15-27(30)36-24-21-33-6-3/h7-18H,4-6,19-24H2,1-3H3/q+1. The highest BCUT2D eigenvalue weighted by Gasteiger charge is 2.37. The second kappa shape index (κ2) is 16.9. The molecule has 6 nitrogen and oxygen atoms in total. The molecule has 0 amide bonds. The van der Waals surface area contributed by atoms with Crippen LogP contribution in [0.5, 0.6) is 17.2 Å². The van der Waals surface area contributed by atoms with Gasteiger partial charge in [-0.2, -0.15) is 0 Å². The lowest BCUT2D eigenvalue weighted by Crippen LogP contribution is -2.15. The van der Waals surface area contributed by atoms with Crippen molar-refractivity contribution in [1.29, 1.82) is 0 Å². The van der Waals surface area contributed by atoms with Crippen LogP contribution < -0.4 is 14.2 Å². The largest absolute Gasteiger partial charge is 0.486 e. The van der Waals surface area contributed by atoms with E-state index in [9.17, 15) is 0 Å². The summed E-state index contributed by atoms with van der Waals surface area (Å²) in [5, 5.41) is 0. The number of hydrogen-bond donors (Lipinski definition) is 0. The van der Waals surface area contributed by atoms with E-state index in [0.717, 1.165) is 31.9 Å². The van der Waals surface area contributed by atoms with Gasteiger partial charge in [0, 0.05) is 19.8 Å². The summed E-state index contributed by atoms with van der Waals surface area (Å²) in [5.41, 5.74) is 0. The van der Waals surface area contributed by atoms with E-state index in [-0.39, 0.29) is 0 Å². The average Bonchev–Trinajstić information content (AvgIpc) is 2.94. The van der Waals surface area contributed by atoms with E-state index in [1.54, 1.807) is 0 Å². The van der Waals surface area contributed by atoms with E-state index in [4.69, 9.17) is 28.4 Å². The van der Waals surface area contributed by atoms with Gasteiger partial charge in [-0.05, 0) is 57.2 Å². The van der Waals surface area contributed by atoms with Crippen LogP contribution in [-0.2, 0) is 25.1 Å². The lowest BCUT2D eigenvalue weighted by molar-refractivity contribution is 0.108. The van der Waals surface area contributed by atoms with Crippen LogP contribution in [0.25, 0.3) is 0 Å². The third-order valence-electron chi connectivity index (χ3n) is 5.28. The first-order valence-corrected chi connectivity index (χ1v) is 14.2. The van der Waals surface area contributed by atoms with Crippen molar-refractivity contribution in [2.75, 3.05) is 59.5 Å². The average molecular weight is 528 g/mol. The number of benzene rings is 3. The van der Waals surface area contributed by atoms with Gasteiger partial charge in [-0.25, -0.2) is 0 Å². The summed E-state index contributed by atoms with van der Waals surface area (Å²) >= 11 is 0. The molecule has 0 saturated carbocycles. The van der Waals surface area contributed by atoms with Gasteiger partial charge in [0.15, 0.2) is 17.2 Å². The van der Waals surface area contributed by atoms with Crippen molar-refractivity contribution in [3.05, 3.63) is 72.8 Å². The molecular formula is C30H39O6S+. The highest BCUT2D eigenvalue weighted by molar-refractivity contribution is 7.97. The van der Waals surface area contributed by atoms with E-state index in [1.807, 2.05) is 75.4 Å². The van der Waals surface area contributed by atoms with Crippen LogP contribution >= 0.6 is 0 Å².